The van der Waals surface area contributed by atoms with Gasteiger partial charge in [0.05, 0.1) is 0 Å². The number of carbonyl (C=O) groups excluding carboxylic acids is 3. The van der Waals surface area contributed by atoms with Crippen LogP contribution in [0.4, 0.5) is 5.82 Å². The number of hydrogen-bond donors (Lipinski definition) is 1. The quantitative estimate of drug-likeness (QED) is 0.801. The first kappa shape index (κ1) is 16.9. The second-order valence-corrected chi connectivity index (χ2v) is 6.02. The summed E-state index contributed by atoms with van der Waals surface area (Å²) in [6.07, 6.45) is 2.52. The molecular weight excluding hydrogens is 324 g/mol. The van der Waals surface area contributed by atoms with Crippen molar-refractivity contribution in [2.75, 3.05) is 5.32 Å². The monoisotopic (exact) mass is 342 g/mol. The summed E-state index contributed by atoms with van der Waals surface area (Å²) in [6, 6.07) is 1.58. The van der Waals surface area contributed by atoms with Crippen LogP contribution in [0.3, 0.4) is 0 Å². The lowest BCUT2D eigenvalue weighted by atomic mass is 9.95. The summed E-state index contributed by atoms with van der Waals surface area (Å²) < 4.78 is 5.20. The molecule has 1 unspecified atom stereocenters. The second kappa shape index (κ2) is 6.92. The molecule has 0 saturated carbocycles. The maximum atomic E-state index is 12.6. The van der Waals surface area contributed by atoms with Gasteiger partial charge in [-0.2, -0.15) is 0 Å². The third kappa shape index (κ3) is 3.47. The van der Waals surface area contributed by atoms with Crippen molar-refractivity contribution in [2.45, 2.75) is 45.4 Å². The van der Waals surface area contributed by atoms with E-state index in [2.05, 4.69) is 20.4 Å². The molecule has 0 radical (unpaired) electrons. The van der Waals surface area contributed by atoms with Crippen LogP contribution in [0.1, 0.15) is 71.3 Å². The summed E-state index contributed by atoms with van der Waals surface area (Å²) in [4.78, 5) is 43.9. The van der Waals surface area contributed by atoms with Crippen LogP contribution in [0.25, 0.3) is 0 Å². The largest absolute Gasteiger partial charge is 0.360 e. The van der Waals surface area contributed by atoms with Gasteiger partial charge >= 0.3 is 0 Å². The molecule has 1 amide bonds. The molecule has 1 N–H and O–H groups in total. The van der Waals surface area contributed by atoms with E-state index in [0.29, 0.717) is 42.1 Å². The molecule has 3 rings (SSSR count). The summed E-state index contributed by atoms with van der Waals surface area (Å²) in [5.41, 5.74) is 1.26. The molecule has 1 aliphatic heterocycles. The van der Waals surface area contributed by atoms with Crippen LogP contribution >= 0.6 is 0 Å². The fraction of sp³-hybridized carbons (Fsp3) is 0.412. The first-order valence-corrected chi connectivity index (χ1v) is 8.16. The number of fused-ring (bicyclic) bond motifs is 1. The van der Waals surface area contributed by atoms with Crippen molar-refractivity contribution >= 4 is 23.3 Å². The molecule has 8 heteroatoms. The van der Waals surface area contributed by atoms with Gasteiger partial charge in [-0.1, -0.05) is 19.0 Å². The van der Waals surface area contributed by atoms with E-state index in [1.807, 2.05) is 6.92 Å². The number of nitrogens with one attached hydrogen (secondary N) is 1. The van der Waals surface area contributed by atoms with E-state index in [1.54, 1.807) is 13.0 Å². The van der Waals surface area contributed by atoms with Crippen LogP contribution in [0, 0.1) is 0 Å². The smallest absolute Gasteiger partial charge is 0.225 e. The third-order valence-electron chi connectivity index (χ3n) is 4.18. The lowest BCUT2D eigenvalue weighted by molar-refractivity contribution is -0.116. The van der Waals surface area contributed by atoms with Gasteiger partial charge in [0.25, 0.3) is 0 Å². The first-order chi connectivity index (χ1) is 12.0. The van der Waals surface area contributed by atoms with E-state index in [9.17, 15) is 14.4 Å². The van der Waals surface area contributed by atoms with Crippen LogP contribution in [-0.4, -0.2) is 32.6 Å². The molecular formula is C17H18N4O4. The van der Waals surface area contributed by atoms with Gasteiger partial charge in [0, 0.05) is 36.8 Å². The summed E-state index contributed by atoms with van der Waals surface area (Å²) in [5.74, 6) is 0.255. The van der Waals surface area contributed by atoms with Gasteiger partial charge in [0.2, 0.25) is 5.91 Å². The standard InChI is InChI=1S/C17H18N4O4/c1-3-12(22)11-7-14(25-21-11)9(2)6-13(23)16-10-4-5-15(24)20-17(10)19-8-18-16/h7-9H,3-6H2,1-2H3,(H,18,19,20,24). The second-order valence-electron chi connectivity index (χ2n) is 6.02. The van der Waals surface area contributed by atoms with Gasteiger partial charge in [-0.05, 0) is 6.42 Å². The Bertz CT molecular complexity index is 843. The third-order valence-corrected chi connectivity index (χ3v) is 4.18. The van der Waals surface area contributed by atoms with E-state index in [1.165, 1.54) is 6.33 Å². The summed E-state index contributed by atoms with van der Waals surface area (Å²) >= 11 is 0. The van der Waals surface area contributed by atoms with Gasteiger partial charge in [-0.3, -0.25) is 14.4 Å². The molecule has 1 atom stereocenters. The van der Waals surface area contributed by atoms with Crippen molar-refractivity contribution in [3.8, 4) is 0 Å². The summed E-state index contributed by atoms with van der Waals surface area (Å²) in [7, 11) is 0. The Morgan fingerprint density at radius 3 is 2.84 bits per heavy atom. The number of hydrogen-bond acceptors (Lipinski definition) is 7. The van der Waals surface area contributed by atoms with Crippen molar-refractivity contribution in [3.05, 3.63) is 35.1 Å². The van der Waals surface area contributed by atoms with Gasteiger partial charge in [0.15, 0.2) is 11.6 Å². The molecule has 25 heavy (non-hydrogen) atoms. The van der Waals surface area contributed by atoms with Crippen LogP contribution in [0.15, 0.2) is 16.9 Å². The number of Topliss-reactive ketones (excluding diaryl/α,β-unsaturated/α-hetero) is 2. The highest BCUT2D eigenvalue weighted by Gasteiger charge is 2.25. The number of aromatic nitrogens is 3. The van der Waals surface area contributed by atoms with Crippen LogP contribution in [0.5, 0.6) is 0 Å². The Kier molecular flexibility index (Phi) is 4.69. The van der Waals surface area contributed by atoms with Crippen molar-refractivity contribution < 1.29 is 18.9 Å². The maximum absolute atomic E-state index is 12.6. The van der Waals surface area contributed by atoms with E-state index in [0.717, 1.165) is 0 Å². The average molecular weight is 342 g/mol. The molecule has 8 nitrogen and oxygen atoms in total. The fourth-order valence-corrected chi connectivity index (χ4v) is 2.74. The van der Waals surface area contributed by atoms with Crippen molar-refractivity contribution in [3.63, 3.8) is 0 Å². The van der Waals surface area contributed by atoms with E-state index in [4.69, 9.17) is 4.52 Å². The number of carbonyl (C=O) groups is 3. The predicted octanol–water partition coefficient (Wildman–Crippen LogP) is 2.32. The Morgan fingerprint density at radius 1 is 1.28 bits per heavy atom. The predicted molar refractivity (Wildman–Crippen MR) is 87.5 cm³/mol. The van der Waals surface area contributed by atoms with E-state index < -0.39 is 0 Å². The molecule has 0 saturated heterocycles. The average Bonchev–Trinajstić information content (AvgIpc) is 3.10. The van der Waals surface area contributed by atoms with Crippen LogP contribution < -0.4 is 5.32 Å². The molecule has 130 valence electrons. The van der Waals surface area contributed by atoms with Gasteiger partial charge in [-0.25, -0.2) is 9.97 Å². The number of nitrogens with zero attached hydrogens (tertiary/aromatic N) is 3. The van der Waals surface area contributed by atoms with Crippen molar-refractivity contribution in [1.82, 2.24) is 15.1 Å². The zero-order chi connectivity index (χ0) is 18.0. The SMILES string of the molecule is CCC(=O)c1cc(C(C)CC(=O)c2ncnc3c2CCC(=O)N3)on1. The number of rotatable bonds is 6. The highest BCUT2D eigenvalue weighted by molar-refractivity contribution is 6.00. The Labute approximate surface area is 144 Å². The number of amides is 1. The molecule has 0 fully saturated rings. The van der Waals surface area contributed by atoms with Gasteiger partial charge in [0.1, 0.15) is 29.3 Å². The maximum Gasteiger partial charge on any atom is 0.225 e. The molecule has 0 spiro atoms. The minimum absolute atomic E-state index is 0.103. The highest BCUT2D eigenvalue weighted by Crippen LogP contribution is 2.26. The van der Waals surface area contributed by atoms with Crippen LogP contribution in [-0.2, 0) is 11.2 Å². The van der Waals surface area contributed by atoms with E-state index >= 15 is 0 Å². The fourth-order valence-electron chi connectivity index (χ4n) is 2.74. The topological polar surface area (TPSA) is 115 Å². The molecule has 0 bridgehead atoms. The zero-order valence-corrected chi connectivity index (χ0v) is 14.0. The Morgan fingerprint density at radius 2 is 2.08 bits per heavy atom. The van der Waals surface area contributed by atoms with Crippen molar-refractivity contribution in [2.24, 2.45) is 0 Å². The molecule has 0 aliphatic carbocycles. The summed E-state index contributed by atoms with van der Waals surface area (Å²) in [6.45, 7) is 3.58. The molecule has 1 aliphatic rings. The van der Waals surface area contributed by atoms with Gasteiger partial charge in [-0.15, -0.1) is 0 Å². The minimum atomic E-state index is -0.248. The Balaban J connectivity index is 1.76. The molecule has 2 aromatic heterocycles. The zero-order valence-electron chi connectivity index (χ0n) is 14.0. The molecule has 2 aromatic rings. The minimum Gasteiger partial charge on any atom is -0.360 e. The summed E-state index contributed by atoms with van der Waals surface area (Å²) in [5, 5.41) is 6.41. The molecule has 3 heterocycles. The molecule has 0 aromatic carbocycles. The lowest BCUT2D eigenvalue weighted by Gasteiger charge is -2.17. The normalized spacial score (nSPS) is 14.6. The number of anilines is 1. The van der Waals surface area contributed by atoms with Crippen molar-refractivity contribution in [1.29, 1.82) is 0 Å². The van der Waals surface area contributed by atoms with Crippen LogP contribution in [0.2, 0.25) is 0 Å². The Hall–Kier alpha value is -2.90. The van der Waals surface area contributed by atoms with E-state index in [-0.39, 0.29) is 35.5 Å². The number of ketones is 2. The first-order valence-electron chi connectivity index (χ1n) is 8.16. The highest BCUT2D eigenvalue weighted by atomic mass is 16.5. The lowest BCUT2D eigenvalue weighted by Crippen LogP contribution is -2.23. The van der Waals surface area contributed by atoms with Gasteiger partial charge < -0.3 is 9.84 Å².